The van der Waals surface area contributed by atoms with Crippen molar-refractivity contribution >= 4 is 10.9 Å². The fourth-order valence-electron chi connectivity index (χ4n) is 2.69. The minimum Gasteiger partial charge on any atom is -0.428 e. The molecule has 1 aromatic heterocycles. The van der Waals surface area contributed by atoms with E-state index in [4.69, 9.17) is 0 Å². The first-order valence-electron chi connectivity index (χ1n) is 5.73. The number of para-hydroxylation sites is 1. The van der Waals surface area contributed by atoms with E-state index in [2.05, 4.69) is 0 Å². The van der Waals surface area contributed by atoms with Gasteiger partial charge in [0, 0.05) is 5.39 Å². The van der Waals surface area contributed by atoms with Crippen LogP contribution >= 0.6 is 0 Å². The van der Waals surface area contributed by atoms with Crippen LogP contribution in [0.15, 0.2) is 30.3 Å². The minimum atomic E-state index is -0.840. The molecule has 3 rings (SSSR count). The molecule has 2 aromatic rings. The first-order chi connectivity index (χ1) is 7.71. The van der Waals surface area contributed by atoms with Crippen LogP contribution in [0.5, 0.6) is 0 Å². The van der Waals surface area contributed by atoms with E-state index < -0.39 is 5.60 Å². The number of hydrogen-bond acceptors (Lipinski definition) is 2. The van der Waals surface area contributed by atoms with E-state index in [1.165, 1.54) is 0 Å². The predicted octanol–water partition coefficient (Wildman–Crippen LogP) is 2.64. The molecule has 1 aliphatic rings. The van der Waals surface area contributed by atoms with Crippen molar-refractivity contribution in [3.63, 3.8) is 0 Å². The predicted molar refractivity (Wildman–Crippen MR) is 61.5 cm³/mol. The number of fused-ring (bicyclic) bond motifs is 1. The summed E-state index contributed by atoms with van der Waals surface area (Å²) in [6.07, 6.45) is 3.53. The van der Waals surface area contributed by atoms with Gasteiger partial charge < -0.3 is 10.3 Å². The first kappa shape index (κ1) is 9.73. The fraction of sp³-hybridized carbons (Fsp3) is 0.385. The van der Waals surface area contributed by atoms with Crippen molar-refractivity contribution in [2.24, 2.45) is 0 Å². The van der Waals surface area contributed by atoms with Gasteiger partial charge in [0.1, 0.15) is 5.60 Å². The van der Waals surface area contributed by atoms with Gasteiger partial charge in [0.2, 0.25) is 0 Å². The molecule has 1 fully saturated rings. The van der Waals surface area contributed by atoms with E-state index in [-0.39, 0.29) is 0 Å². The largest absolute Gasteiger partial charge is 0.428 e. The zero-order valence-electron chi connectivity index (χ0n) is 9.06. The van der Waals surface area contributed by atoms with Crippen molar-refractivity contribution in [1.82, 2.24) is 4.73 Å². The van der Waals surface area contributed by atoms with Crippen LogP contribution in [0.4, 0.5) is 0 Å². The Morgan fingerprint density at radius 3 is 2.50 bits per heavy atom. The fourth-order valence-corrected chi connectivity index (χ4v) is 2.69. The van der Waals surface area contributed by atoms with E-state index >= 15 is 0 Å². The molecular formula is C13H15NO2. The molecule has 2 N–H and O–H groups in total. The number of nitrogens with zero attached hydrogens (tertiary/aromatic N) is 1. The van der Waals surface area contributed by atoms with Gasteiger partial charge in [-0.1, -0.05) is 31.0 Å². The average Bonchev–Trinajstić information content (AvgIpc) is 2.86. The van der Waals surface area contributed by atoms with Crippen LogP contribution in [0.25, 0.3) is 10.9 Å². The Balaban J connectivity index is 2.20. The highest BCUT2D eigenvalue weighted by Gasteiger charge is 2.36. The van der Waals surface area contributed by atoms with E-state index in [0.29, 0.717) is 5.69 Å². The summed E-state index contributed by atoms with van der Waals surface area (Å²) >= 11 is 0. The average molecular weight is 217 g/mol. The lowest BCUT2D eigenvalue weighted by Crippen LogP contribution is -2.24. The van der Waals surface area contributed by atoms with Crippen molar-refractivity contribution in [2.75, 3.05) is 0 Å². The van der Waals surface area contributed by atoms with Crippen LogP contribution in [0.2, 0.25) is 0 Å². The van der Waals surface area contributed by atoms with Gasteiger partial charge in [-0.25, -0.2) is 0 Å². The van der Waals surface area contributed by atoms with Crippen LogP contribution in [0.3, 0.4) is 0 Å². The molecule has 1 aromatic carbocycles. The van der Waals surface area contributed by atoms with Gasteiger partial charge in [-0.2, -0.15) is 4.73 Å². The third kappa shape index (κ3) is 1.25. The second-order valence-electron chi connectivity index (χ2n) is 4.64. The van der Waals surface area contributed by atoms with Crippen LogP contribution in [0.1, 0.15) is 31.4 Å². The van der Waals surface area contributed by atoms with E-state index in [9.17, 15) is 10.3 Å². The highest BCUT2D eigenvalue weighted by atomic mass is 16.5. The molecule has 1 aliphatic carbocycles. The molecule has 0 amide bonds. The SMILES string of the molecule is On1c(C2(O)CCCC2)cc2ccccc21. The van der Waals surface area contributed by atoms with Crippen molar-refractivity contribution < 1.29 is 10.3 Å². The zero-order valence-corrected chi connectivity index (χ0v) is 9.06. The minimum absolute atomic E-state index is 0.631. The van der Waals surface area contributed by atoms with Crippen molar-refractivity contribution in [2.45, 2.75) is 31.3 Å². The molecular weight excluding hydrogens is 202 g/mol. The third-order valence-corrected chi connectivity index (χ3v) is 3.59. The van der Waals surface area contributed by atoms with Crippen molar-refractivity contribution in [3.05, 3.63) is 36.0 Å². The van der Waals surface area contributed by atoms with Gasteiger partial charge in [-0.15, -0.1) is 0 Å². The van der Waals surface area contributed by atoms with Crippen LogP contribution in [-0.2, 0) is 5.60 Å². The third-order valence-electron chi connectivity index (χ3n) is 3.59. The molecule has 0 saturated heterocycles. The molecule has 0 radical (unpaired) electrons. The van der Waals surface area contributed by atoms with Gasteiger partial charge in [-0.05, 0) is 25.0 Å². The Morgan fingerprint density at radius 1 is 1.12 bits per heavy atom. The standard InChI is InChI=1S/C13H15NO2/c15-13(7-3-4-8-13)12-9-10-5-1-2-6-11(10)14(12)16/h1-2,5-6,9,15-16H,3-4,7-8H2. The number of benzene rings is 1. The molecule has 3 nitrogen and oxygen atoms in total. The number of hydrogen-bond donors (Lipinski definition) is 2. The van der Waals surface area contributed by atoms with Crippen LogP contribution in [0, 0.1) is 0 Å². The van der Waals surface area contributed by atoms with E-state index in [0.717, 1.165) is 41.3 Å². The maximum atomic E-state index is 10.5. The summed E-state index contributed by atoms with van der Waals surface area (Å²) in [6, 6.07) is 9.52. The van der Waals surface area contributed by atoms with Gasteiger partial charge in [0.25, 0.3) is 0 Å². The Labute approximate surface area is 93.9 Å². The second kappa shape index (κ2) is 3.25. The quantitative estimate of drug-likeness (QED) is 0.721. The Hall–Kier alpha value is -1.48. The lowest BCUT2D eigenvalue weighted by Gasteiger charge is -2.21. The summed E-state index contributed by atoms with van der Waals surface area (Å²) in [5.41, 5.74) is 0.553. The van der Waals surface area contributed by atoms with E-state index in [1.54, 1.807) is 0 Å². The van der Waals surface area contributed by atoms with E-state index in [1.807, 2.05) is 30.3 Å². The Bertz CT molecular complexity index is 524. The summed E-state index contributed by atoms with van der Waals surface area (Å²) in [7, 11) is 0. The molecule has 1 heterocycles. The summed E-state index contributed by atoms with van der Waals surface area (Å²) in [6.45, 7) is 0. The maximum Gasteiger partial charge on any atom is 0.108 e. The molecule has 84 valence electrons. The smallest absolute Gasteiger partial charge is 0.108 e. The molecule has 16 heavy (non-hydrogen) atoms. The topological polar surface area (TPSA) is 45.4 Å². The second-order valence-corrected chi connectivity index (χ2v) is 4.64. The normalized spacial score (nSPS) is 19.3. The van der Waals surface area contributed by atoms with Gasteiger partial charge >= 0.3 is 0 Å². The summed E-state index contributed by atoms with van der Waals surface area (Å²) < 4.78 is 1.14. The Morgan fingerprint density at radius 2 is 1.81 bits per heavy atom. The summed E-state index contributed by atoms with van der Waals surface area (Å²) in [5.74, 6) is 0. The van der Waals surface area contributed by atoms with Crippen molar-refractivity contribution in [3.8, 4) is 0 Å². The lowest BCUT2D eigenvalue weighted by molar-refractivity contribution is 0.0184. The van der Waals surface area contributed by atoms with Gasteiger partial charge in [-0.3, -0.25) is 0 Å². The molecule has 0 atom stereocenters. The Kier molecular flexibility index (Phi) is 1.98. The van der Waals surface area contributed by atoms with Gasteiger partial charge in [0.15, 0.2) is 0 Å². The van der Waals surface area contributed by atoms with Crippen LogP contribution in [-0.4, -0.2) is 15.0 Å². The monoisotopic (exact) mass is 217 g/mol. The first-order valence-corrected chi connectivity index (χ1v) is 5.73. The summed E-state index contributed by atoms with van der Waals surface area (Å²) in [4.78, 5) is 0. The highest BCUT2D eigenvalue weighted by Crippen LogP contribution is 2.40. The van der Waals surface area contributed by atoms with Crippen LogP contribution < -0.4 is 0 Å². The zero-order chi connectivity index (χ0) is 11.2. The molecule has 0 aliphatic heterocycles. The number of aliphatic hydroxyl groups is 1. The van der Waals surface area contributed by atoms with Crippen molar-refractivity contribution in [1.29, 1.82) is 0 Å². The molecule has 0 unspecified atom stereocenters. The molecule has 0 spiro atoms. The number of rotatable bonds is 1. The number of aromatic nitrogens is 1. The molecule has 1 saturated carbocycles. The maximum absolute atomic E-state index is 10.5. The lowest BCUT2D eigenvalue weighted by atomic mass is 9.98. The molecule has 3 heteroatoms. The summed E-state index contributed by atoms with van der Waals surface area (Å²) in [5, 5.41) is 21.5. The molecule has 0 bridgehead atoms. The highest BCUT2D eigenvalue weighted by molar-refractivity contribution is 5.81. The van der Waals surface area contributed by atoms with Gasteiger partial charge in [0.05, 0.1) is 11.2 Å².